The highest BCUT2D eigenvalue weighted by Gasteiger charge is 2.19. The molecule has 0 amide bonds. The second-order valence-electron chi connectivity index (χ2n) is 4.04. The van der Waals surface area contributed by atoms with Crippen LogP contribution in [0.1, 0.15) is 19.8 Å². The number of hydrogen-bond acceptors (Lipinski definition) is 2. The van der Waals surface area contributed by atoms with Crippen molar-refractivity contribution >= 4 is 0 Å². The van der Waals surface area contributed by atoms with Crippen LogP contribution >= 0.6 is 0 Å². The minimum absolute atomic E-state index is 0.785. The summed E-state index contributed by atoms with van der Waals surface area (Å²) in [7, 11) is 4.27. The van der Waals surface area contributed by atoms with E-state index in [1.54, 1.807) is 0 Å². The number of nitrogens with one attached hydrogen (secondary N) is 1. The summed E-state index contributed by atoms with van der Waals surface area (Å²) in [5.74, 6) is 0.891. The molecule has 0 aromatic carbocycles. The highest BCUT2D eigenvalue weighted by molar-refractivity contribution is 4.79. The third kappa shape index (κ3) is 3.21. The number of nitrogens with zero attached hydrogens (tertiary/aromatic N) is 1. The predicted octanol–water partition coefficient (Wildman–Crippen LogP) is 0.936. The van der Waals surface area contributed by atoms with E-state index in [1.165, 1.54) is 25.9 Å². The lowest BCUT2D eigenvalue weighted by Gasteiger charge is -2.13. The van der Waals surface area contributed by atoms with Gasteiger partial charge in [0.15, 0.2) is 0 Å². The molecule has 1 fully saturated rings. The van der Waals surface area contributed by atoms with E-state index in [2.05, 4.69) is 31.2 Å². The Morgan fingerprint density at radius 2 is 2.18 bits per heavy atom. The van der Waals surface area contributed by atoms with Crippen LogP contribution in [0, 0.1) is 5.92 Å². The summed E-state index contributed by atoms with van der Waals surface area (Å²) in [6.45, 7) is 4.76. The quantitative estimate of drug-likeness (QED) is 0.654. The SMILES string of the molecule is CC1CNC(CCN(C)C)C1. The lowest BCUT2D eigenvalue weighted by atomic mass is 10.1. The molecule has 0 radical (unpaired) electrons. The van der Waals surface area contributed by atoms with E-state index in [0.29, 0.717) is 0 Å². The lowest BCUT2D eigenvalue weighted by molar-refractivity contribution is 0.369. The van der Waals surface area contributed by atoms with Crippen LogP contribution in [0.3, 0.4) is 0 Å². The van der Waals surface area contributed by atoms with Gasteiger partial charge in [0.25, 0.3) is 0 Å². The Balaban J connectivity index is 2.08. The molecule has 1 aliphatic heterocycles. The molecule has 1 aliphatic rings. The minimum atomic E-state index is 0.785. The highest BCUT2D eigenvalue weighted by Crippen LogP contribution is 2.14. The van der Waals surface area contributed by atoms with Crippen molar-refractivity contribution < 1.29 is 0 Å². The standard InChI is InChI=1S/C9H20N2/c1-8-6-9(10-7-8)4-5-11(2)3/h8-10H,4-7H2,1-3H3. The molecular weight excluding hydrogens is 136 g/mol. The fraction of sp³-hybridized carbons (Fsp3) is 1.00. The zero-order valence-electron chi connectivity index (χ0n) is 7.93. The Morgan fingerprint density at radius 3 is 2.64 bits per heavy atom. The Morgan fingerprint density at radius 1 is 1.45 bits per heavy atom. The minimum Gasteiger partial charge on any atom is -0.314 e. The van der Waals surface area contributed by atoms with Crippen LogP contribution < -0.4 is 5.32 Å². The molecule has 2 nitrogen and oxygen atoms in total. The van der Waals surface area contributed by atoms with Gasteiger partial charge in [-0.2, -0.15) is 0 Å². The van der Waals surface area contributed by atoms with Crippen LogP contribution in [-0.2, 0) is 0 Å². The summed E-state index contributed by atoms with van der Waals surface area (Å²) in [4.78, 5) is 2.25. The number of hydrogen-bond donors (Lipinski definition) is 1. The molecule has 0 aliphatic carbocycles. The van der Waals surface area contributed by atoms with E-state index in [1.807, 2.05) is 0 Å². The van der Waals surface area contributed by atoms with Crippen molar-refractivity contribution in [1.29, 1.82) is 0 Å². The van der Waals surface area contributed by atoms with Crippen molar-refractivity contribution in [3.05, 3.63) is 0 Å². The van der Waals surface area contributed by atoms with Crippen molar-refractivity contribution in [2.45, 2.75) is 25.8 Å². The maximum absolute atomic E-state index is 3.54. The molecule has 0 saturated carbocycles. The van der Waals surface area contributed by atoms with Gasteiger partial charge in [0.1, 0.15) is 0 Å². The molecule has 2 atom stereocenters. The van der Waals surface area contributed by atoms with E-state index in [4.69, 9.17) is 0 Å². The molecular formula is C9H20N2. The highest BCUT2D eigenvalue weighted by atomic mass is 15.1. The maximum atomic E-state index is 3.54. The first-order valence-corrected chi connectivity index (χ1v) is 4.56. The first-order valence-electron chi connectivity index (χ1n) is 4.56. The van der Waals surface area contributed by atoms with Crippen LogP contribution in [0.2, 0.25) is 0 Å². The molecule has 0 spiro atoms. The molecule has 1 saturated heterocycles. The van der Waals surface area contributed by atoms with Crippen LogP contribution in [0.25, 0.3) is 0 Å². The molecule has 2 heteroatoms. The van der Waals surface area contributed by atoms with Gasteiger partial charge in [-0.15, -0.1) is 0 Å². The van der Waals surface area contributed by atoms with Crippen LogP contribution in [0.15, 0.2) is 0 Å². The largest absolute Gasteiger partial charge is 0.314 e. The molecule has 0 aromatic heterocycles. The molecule has 1 N–H and O–H groups in total. The molecule has 1 rings (SSSR count). The van der Waals surface area contributed by atoms with Crippen molar-refractivity contribution in [3.8, 4) is 0 Å². The van der Waals surface area contributed by atoms with Gasteiger partial charge in [-0.3, -0.25) is 0 Å². The molecule has 0 aromatic rings. The summed E-state index contributed by atoms with van der Waals surface area (Å²) in [6, 6.07) is 0.785. The van der Waals surface area contributed by atoms with Gasteiger partial charge in [0.05, 0.1) is 0 Å². The van der Waals surface area contributed by atoms with Crippen molar-refractivity contribution in [1.82, 2.24) is 10.2 Å². The first kappa shape index (κ1) is 9.01. The van der Waals surface area contributed by atoms with Gasteiger partial charge in [-0.25, -0.2) is 0 Å². The van der Waals surface area contributed by atoms with Gasteiger partial charge < -0.3 is 10.2 Å². The zero-order chi connectivity index (χ0) is 8.27. The van der Waals surface area contributed by atoms with E-state index in [9.17, 15) is 0 Å². The van der Waals surface area contributed by atoms with Gasteiger partial charge in [0, 0.05) is 6.04 Å². The molecule has 0 bridgehead atoms. The Kier molecular flexibility index (Phi) is 3.34. The van der Waals surface area contributed by atoms with Crippen molar-refractivity contribution in [2.75, 3.05) is 27.2 Å². The van der Waals surface area contributed by atoms with Crippen molar-refractivity contribution in [3.63, 3.8) is 0 Å². The average Bonchev–Trinajstić information content (AvgIpc) is 2.31. The lowest BCUT2D eigenvalue weighted by Crippen LogP contribution is -2.26. The van der Waals surface area contributed by atoms with Crippen LogP contribution in [-0.4, -0.2) is 38.1 Å². The van der Waals surface area contributed by atoms with Crippen molar-refractivity contribution in [2.24, 2.45) is 5.92 Å². The third-order valence-electron chi connectivity index (χ3n) is 2.37. The smallest absolute Gasteiger partial charge is 0.00823 e. The predicted molar refractivity (Wildman–Crippen MR) is 48.7 cm³/mol. The first-order chi connectivity index (χ1) is 5.18. The zero-order valence-corrected chi connectivity index (χ0v) is 7.93. The second kappa shape index (κ2) is 4.07. The summed E-state index contributed by atoms with van der Waals surface area (Å²) in [6.07, 6.45) is 2.67. The fourth-order valence-electron chi connectivity index (χ4n) is 1.65. The molecule has 2 unspecified atom stereocenters. The Hall–Kier alpha value is -0.0800. The van der Waals surface area contributed by atoms with E-state index >= 15 is 0 Å². The van der Waals surface area contributed by atoms with Crippen LogP contribution in [0.4, 0.5) is 0 Å². The number of rotatable bonds is 3. The Bertz CT molecular complexity index is 112. The fourth-order valence-corrected chi connectivity index (χ4v) is 1.65. The third-order valence-corrected chi connectivity index (χ3v) is 2.37. The van der Waals surface area contributed by atoms with Gasteiger partial charge in [-0.1, -0.05) is 6.92 Å². The monoisotopic (exact) mass is 156 g/mol. The van der Waals surface area contributed by atoms with E-state index < -0.39 is 0 Å². The van der Waals surface area contributed by atoms with E-state index in [-0.39, 0.29) is 0 Å². The molecule has 66 valence electrons. The molecule has 1 heterocycles. The normalized spacial score (nSPS) is 31.6. The Labute approximate surface area is 70.0 Å². The average molecular weight is 156 g/mol. The summed E-state index contributed by atoms with van der Waals surface area (Å²) >= 11 is 0. The molecule has 11 heavy (non-hydrogen) atoms. The summed E-state index contributed by atoms with van der Waals surface area (Å²) < 4.78 is 0. The van der Waals surface area contributed by atoms with Gasteiger partial charge >= 0.3 is 0 Å². The maximum Gasteiger partial charge on any atom is 0.00823 e. The van der Waals surface area contributed by atoms with Crippen LogP contribution in [0.5, 0.6) is 0 Å². The summed E-state index contributed by atoms with van der Waals surface area (Å²) in [5.41, 5.74) is 0. The topological polar surface area (TPSA) is 15.3 Å². The van der Waals surface area contributed by atoms with Gasteiger partial charge in [0.2, 0.25) is 0 Å². The van der Waals surface area contributed by atoms with E-state index in [0.717, 1.165) is 12.0 Å². The second-order valence-corrected chi connectivity index (χ2v) is 4.04. The van der Waals surface area contributed by atoms with Gasteiger partial charge in [-0.05, 0) is 45.9 Å². The summed E-state index contributed by atoms with van der Waals surface area (Å²) in [5, 5.41) is 3.54.